The average molecular weight is 166 g/mol. The van der Waals surface area contributed by atoms with Gasteiger partial charge in [-0.15, -0.1) is 0 Å². The Labute approximate surface area is 71.9 Å². The summed E-state index contributed by atoms with van der Waals surface area (Å²) < 4.78 is 5.18. The van der Waals surface area contributed by atoms with Gasteiger partial charge in [0.2, 0.25) is 0 Å². The minimum Gasteiger partial charge on any atom is -0.394 e. The van der Waals surface area contributed by atoms with Crippen molar-refractivity contribution in [1.82, 2.24) is 5.16 Å². The van der Waals surface area contributed by atoms with Gasteiger partial charge in [-0.2, -0.15) is 0 Å². The molecule has 1 aliphatic carbocycles. The second-order valence-electron chi connectivity index (χ2n) is 3.77. The van der Waals surface area contributed by atoms with Crippen molar-refractivity contribution in [2.75, 3.05) is 5.73 Å². The first kappa shape index (κ1) is 7.65. The van der Waals surface area contributed by atoms with E-state index in [0.717, 1.165) is 17.1 Å². The van der Waals surface area contributed by atoms with Gasteiger partial charge in [-0.25, -0.2) is 0 Å². The molecule has 0 bridgehead atoms. The molecule has 1 fully saturated rings. The first-order valence-electron chi connectivity index (χ1n) is 4.45. The monoisotopic (exact) mass is 166 g/mol. The quantitative estimate of drug-likeness (QED) is 0.733. The molecular weight excluding hydrogens is 152 g/mol. The van der Waals surface area contributed by atoms with Crippen LogP contribution < -0.4 is 5.73 Å². The molecule has 0 saturated heterocycles. The number of rotatable bonds is 2. The van der Waals surface area contributed by atoms with Crippen molar-refractivity contribution in [1.29, 1.82) is 0 Å². The highest BCUT2D eigenvalue weighted by Gasteiger charge is 2.30. The molecule has 0 atom stereocenters. The van der Waals surface area contributed by atoms with E-state index in [1.807, 2.05) is 0 Å². The Morgan fingerprint density at radius 1 is 1.50 bits per heavy atom. The molecule has 2 rings (SSSR count). The Morgan fingerprint density at radius 2 is 2.17 bits per heavy atom. The van der Waals surface area contributed by atoms with Gasteiger partial charge < -0.3 is 10.3 Å². The molecule has 0 unspecified atom stereocenters. The predicted octanol–water partition coefficient (Wildman–Crippen LogP) is 2.26. The molecule has 0 amide bonds. The van der Waals surface area contributed by atoms with Gasteiger partial charge >= 0.3 is 0 Å². The minimum atomic E-state index is 0.338. The van der Waals surface area contributed by atoms with Crippen LogP contribution >= 0.6 is 0 Å². The van der Waals surface area contributed by atoms with E-state index in [1.165, 1.54) is 12.8 Å². The molecule has 1 saturated carbocycles. The van der Waals surface area contributed by atoms with Gasteiger partial charge in [0.05, 0.1) is 5.69 Å². The van der Waals surface area contributed by atoms with Crippen molar-refractivity contribution in [3.05, 3.63) is 11.5 Å². The molecule has 3 nitrogen and oxygen atoms in total. The van der Waals surface area contributed by atoms with E-state index < -0.39 is 0 Å². The lowest BCUT2D eigenvalue weighted by molar-refractivity contribution is 0.366. The maximum Gasteiger partial charge on any atom is 0.162 e. The highest BCUT2D eigenvalue weighted by Crippen LogP contribution is 2.43. The molecule has 0 radical (unpaired) electrons. The van der Waals surface area contributed by atoms with E-state index in [9.17, 15) is 0 Å². The maximum atomic E-state index is 5.89. The third-order valence-corrected chi connectivity index (χ3v) is 2.27. The van der Waals surface area contributed by atoms with Gasteiger partial charge in [-0.05, 0) is 12.8 Å². The van der Waals surface area contributed by atoms with Crippen LogP contribution in [0, 0.1) is 0 Å². The van der Waals surface area contributed by atoms with Crippen LogP contribution in [-0.4, -0.2) is 5.16 Å². The number of nitrogens with two attached hydrogens (primary N) is 1. The first-order chi connectivity index (χ1) is 5.70. The SMILES string of the molecule is CC(C)c1onc(C2CC2)c1N. The minimum absolute atomic E-state index is 0.338. The zero-order valence-corrected chi connectivity index (χ0v) is 7.50. The second kappa shape index (κ2) is 2.51. The summed E-state index contributed by atoms with van der Waals surface area (Å²) in [6.07, 6.45) is 2.43. The average Bonchev–Trinajstić information content (AvgIpc) is 2.75. The molecule has 1 aromatic heterocycles. The van der Waals surface area contributed by atoms with Gasteiger partial charge in [-0.1, -0.05) is 19.0 Å². The highest BCUT2D eigenvalue weighted by atomic mass is 16.5. The summed E-state index contributed by atoms with van der Waals surface area (Å²) in [6, 6.07) is 0. The summed E-state index contributed by atoms with van der Waals surface area (Å²) >= 11 is 0. The molecule has 0 aliphatic heterocycles. The lowest BCUT2D eigenvalue weighted by Gasteiger charge is -1.98. The van der Waals surface area contributed by atoms with Gasteiger partial charge in [-0.3, -0.25) is 0 Å². The van der Waals surface area contributed by atoms with Crippen LogP contribution in [0.4, 0.5) is 5.69 Å². The molecule has 0 spiro atoms. The molecule has 2 N–H and O–H groups in total. The number of hydrogen-bond acceptors (Lipinski definition) is 3. The number of nitrogens with zero attached hydrogens (tertiary/aromatic N) is 1. The molecule has 1 aliphatic rings. The van der Waals surface area contributed by atoms with Gasteiger partial charge in [0.15, 0.2) is 5.76 Å². The summed E-state index contributed by atoms with van der Waals surface area (Å²) in [7, 11) is 0. The van der Waals surface area contributed by atoms with Crippen molar-refractivity contribution >= 4 is 5.69 Å². The third-order valence-electron chi connectivity index (χ3n) is 2.27. The second-order valence-corrected chi connectivity index (χ2v) is 3.77. The van der Waals surface area contributed by atoms with E-state index in [4.69, 9.17) is 10.3 Å². The molecule has 12 heavy (non-hydrogen) atoms. The fraction of sp³-hybridized carbons (Fsp3) is 0.667. The van der Waals surface area contributed by atoms with Crippen molar-refractivity contribution in [3.8, 4) is 0 Å². The largest absolute Gasteiger partial charge is 0.394 e. The standard InChI is InChI=1S/C9H14N2O/c1-5(2)9-7(10)8(11-12-9)6-3-4-6/h5-6H,3-4,10H2,1-2H3. The normalized spacial score (nSPS) is 17.2. The molecule has 3 heteroatoms. The topological polar surface area (TPSA) is 52.0 Å². The van der Waals surface area contributed by atoms with Crippen LogP contribution in [0.15, 0.2) is 4.52 Å². The van der Waals surface area contributed by atoms with Gasteiger partial charge in [0.1, 0.15) is 5.69 Å². The van der Waals surface area contributed by atoms with Crippen LogP contribution in [-0.2, 0) is 0 Å². The van der Waals surface area contributed by atoms with Crippen LogP contribution in [0.2, 0.25) is 0 Å². The molecule has 1 heterocycles. The van der Waals surface area contributed by atoms with Crippen LogP contribution in [0.5, 0.6) is 0 Å². The Hall–Kier alpha value is -0.990. The summed E-state index contributed by atoms with van der Waals surface area (Å²) in [4.78, 5) is 0. The molecular formula is C9H14N2O. The van der Waals surface area contributed by atoms with E-state index in [0.29, 0.717) is 11.8 Å². The van der Waals surface area contributed by atoms with Crippen LogP contribution in [0.3, 0.4) is 0 Å². The number of nitrogen functional groups attached to an aromatic ring is 1. The van der Waals surface area contributed by atoms with Crippen LogP contribution in [0.1, 0.15) is 50.0 Å². The van der Waals surface area contributed by atoms with Gasteiger partial charge in [0.25, 0.3) is 0 Å². The zero-order chi connectivity index (χ0) is 8.72. The molecule has 66 valence electrons. The smallest absolute Gasteiger partial charge is 0.162 e. The fourth-order valence-electron chi connectivity index (χ4n) is 1.39. The van der Waals surface area contributed by atoms with Crippen molar-refractivity contribution in [2.24, 2.45) is 0 Å². The number of hydrogen-bond donors (Lipinski definition) is 1. The lowest BCUT2D eigenvalue weighted by atomic mass is 10.1. The van der Waals surface area contributed by atoms with E-state index >= 15 is 0 Å². The van der Waals surface area contributed by atoms with E-state index in [1.54, 1.807) is 0 Å². The summed E-state index contributed by atoms with van der Waals surface area (Å²) in [5.41, 5.74) is 7.66. The Balaban J connectivity index is 2.33. The predicted molar refractivity (Wildman–Crippen MR) is 47.0 cm³/mol. The van der Waals surface area contributed by atoms with Gasteiger partial charge in [0, 0.05) is 11.8 Å². The van der Waals surface area contributed by atoms with Crippen molar-refractivity contribution in [2.45, 2.75) is 38.5 Å². The first-order valence-corrected chi connectivity index (χ1v) is 4.45. The molecule has 0 aromatic carbocycles. The molecule has 1 aromatic rings. The van der Waals surface area contributed by atoms with E-state index in [2.05, 4.69) is 19.0 Å². The summed E-state index contributed by atoms with van der Waals surface area (Å²) in [5.74, 6) is 1.77. The highest BCUT2D eigenvalue weighted by molar-refractivity contribution is 5.50. The lowest BCUT2D eigenvalue weighted by Crippen LogP contribution is -1.94. The van der Waals surface area contributed by atoms with Crippen molar-refractivity contribution < 1.29 is 4.52 Å². The zero-order valence-electron chi connectivity index (χ0n) is 7.50. The fourth-order valence-corrected chi connectivity index (χ4v) is 1.39. The Morgan fingerprint density at radius 3 is 2.58 bits per heavy atom. The summed E-state index contributed by atoms with van der Waals surface area (Å²) in [6.45, 7) is 4.13. The number of anilines is 1. The van der Waals surface area contributed by atoms with Crippen molar-refractivity contribution in [3.63, 3.8) is 0 Å². The Kier molecular flexibility index (Phi) is 1.60. The van der Waals surface area contributed by atoms with E-state index in [-0.39, 0.29) is 0 Å². The number of aromatic nitrogens is 1. The third kappa shape index (κ3) is 1.09. The summed E-state index contributed by atoms with van der Waals surface area (Å²) in [5, 5.41) is 4.00. The Bertz CT molecular complexity index is 267. The van der Waals surface area contributed by atoms with Crippen LogP contribution in [0.25, 0.3) is 0 Å². The maximum absolute atomic E-state index is 5.89.